The molecule has 1 aromatic carbocycles. The Morgan fingerprint density at radius 2 is 1.46 bits per heavy atom. The van der Waals surface area contributed by atoms with Crippen molar-refractivity contribution in [3.63, 3.8) is 0 Å². The van der Waals surface area contributed by atoms with E-state index in [1.807, 2.05) is 0 Å². The molecule has 1 atom stereocenters. The Bertz CT molecular complexity index is 796. The normalized spacial score (nSPS) is 22.8. The van der Waals surface area contributed by atoms with Crippen molar-refractivity contribution >= 4 is 5.57 Å². The van der Waals surface area contributed by atoms with Crippen molar-refractivity contribution in [1.29, 1.82) is 0 Å². The summed E-state index contributed by atoms with van der Waals surface area (Å²) in [4.78, 5) is 0.0229. The van der Waals surface area contributed by atoms with Crippen molar-refractivity contribution in [1.82, 2.24) is 0 Å². The van der Waals surface area contributed by atoms with Crippen LogP contribution in [-0.2, 0) is 5.54 Å². The van der Waals surface area contributed by atoms with Crippen LogP contribution >= 0.6 is 0 Å². The lowest BCUT2D eigenvalue weighted by Gasteiger charge is -2.36. The molecule has 1 aliphatic heterocycles. The molecule has 2 aliphatic rings. The summed E-state index contributed by atoms with van der Waals surface area (Å²) < 4.78 is 100.0. The molecule has 10 heteroatoms. The van der Waals surface area contributed by atoms with Crippen LogP contribution in [0.25, 0.3) is 5.57 Å². The molecule has 0 spiro atoms. The number of likely N-dealkylation sites (tertiary alicyclic amines) is 1. The molecule has 0 bridgehead atoms. The third-order valence-corrected chi connectivity index (χ3v) is 5.40. The predicted molar refractivity (Wildman–Crippen MR) is 87.8 cm³/mol. The SMILES string of the molecule is COc1cc2c(c(OC)c1OC)C(C(F)(F)F)=CC2([NH+]1CCCC1)C(F)(F)F. The molecule has 0 aromatic heterocycles. The monoisotopic (exact) mass is 412 g/mol. The first kappa shape index (κ1) is 20.6. The van der Waals surface area contributed by atoms with Gasteiger partial charge in [-0.15, -0.1) is 0 Å². The van der Waals surface area contributed by atoms with Crippen LogP contribution in [0, 0.1) is 0 Å². The molecule has 1 aromatic rings. The standard InChI is InChI=1S/C18H19F6NO3/c1-26-12-8-10-13(15(28-3)14(12)27-2)11(17(19,20)21)9-16(10,18(22,23)24)25-6-4-5-7-25/h8-9H,4-7H2,1-3H3/p+1. The molecular formula is C18H20F6NO3+. The molecule has 3 rings (SSSR count). The number of nitrogens with one attached hydrogen (secondary N) is 1. The van der Waals surface area contributed by atoms with Gasteiger partial charge in [0.15, 0.2) is 11.5 Å². The molecule has 1 saturated heterocycles. The number of ether oxygens (including phenoxy) is 3. The highest BCUT2D eigenvalue weighted by Gasteiger charge is 2.68. The molecule has 0 amide bonds. The lowest BCUT2D eigenvalue weighted by atomic mass is 9.88. The van der Waals surface area contributed by atoms with Gasteiger partial charge in [-0.05, 0) is 6.07 Å². The summed E-state index contributed by atoms with van der Waals surface area (Å²) in [6.45, 7) is 0.217. The van der Waals surface area contributed by atoms with E-state index in [9.17, 15) is 26.3 Å². The molecule has 0 saturated carbocycles. The maximum Gasteiger partial charge on any atom is 0.453 e. The van der Waals surface area contributed by atoms with Crippen LogP contribution in [0.3, 0.4) is 0 Å². The minimum Gasteiger partial charge on any atom is -0.493 e. The Labute approximate surface area is 157 Å². The summed E-state index contributed by atoms with van der Waals surface area (Å²) in [5, 5.41) is 0. The maximum atomic E-state index is 14.4. The van der Waals surface area contributed by atoms with E-state index in [4.69, 9.17) is 14.2 Å². The van der Waals surface area contributed by atoms with Gasteiger partial charge in [0.25, 0.3) is 0 Å². The zero-order chi connectivity index (χ0) is 20.9. The van der Waals surface area contributed by atoms with Gasteiger partial charge in [0.05, 0.1) is 40.0 Å². The van der Waals surface area contributed by atoms with Crippen molar-refractivity contribution in [3.8, 4) is 17.2 Å². The van der Waals surface area contributed by atoms with Gasteiger partial charge in [-0.2, -0.15) is 26.3 Å². The van der Waals surface area contributed by atoms with E-state index in [0.717, 1.165) is 13.2 Å². The molecule has 1 N–H and O–H groups in total. The number of halogens is 6. The van der Waals surface area contributed by atoms with Gasteiger partial charge >= 0.3 is 12.4 Å². The Balaban J connectivity index is 2.45. The van der Waals surface area contributed by atoms with Crippen LogP contribution in [0.15, 0.2) is 12.1 Å². The summed E-state index contributed by atoms with van der Waals surface area (Å²) in [5.74, 6) is -0.736. The maximum absolute atomic E-state index is 14.4. The minimum absolute atomic E-state index is 0.0229. The highest BCUT2D eigenvalue weighted by Crippen LogP contribution is 2.58. The van der Waals surface area contributed by atoms with Gasteiger partial charge in [0.2, 0.25) is 11.3 Å². The van der Waals surface area contributed by atoms with Crippen molar-refractivity contribution in [2.75, 3.05) is 34.4 Å². The molecule has 1 heterocycles. The van der Waals surface area contributed by atoms with Crippen molar-refractivity contribution in [2.45, 2.75) is 30.7 Å². The van der Waals surface area contributed by atoms with E-state index < -0.39 is 40.3 Å². The summed E-state index contributed by atoms with van der Waals surface area (Å²) in [6, 6.07) is 0.991. The summed E-state index contributed by atoms with van der Waals surface area (Å²) in [7, 11) is 3.47. The molecule has 28 heavy (non-hydrogen) atoms. The fourth-order valence-corrected chi connectivity index (χ4v) is 4.25. The molecular weight excluding hydrogens is 392 g/mol. The van der Waals surface area contributed by atoms with Crippen molar-refractivity contribution < 1.29 is 45.5 Å². The average molecular weight is 412 g/mol. The van der Waals surface area contributed by atoms with Gasteiger partial charge in [-0.3, -0.25) is 0 Å². The van der Waals surface area contributed by atoms with Crippen LogP contribution < -0.4 is 19.1 Å². The number of methoxy groups -OCH3 is 3. The molecule has 1 unspecified atom stereocenters. The van der Waals surface area contributed by atoms with Crippen LogP contribution in [0.1, 0.15) is 24.0 Å². The first-order chi connectivity index (χ1) is 13.0. The van der Waals surface area contributed by atoms with Crippen LogP contribution in [0.2, 0.25) is 0 Å². The van der Waals surface area contributed by atoms with Gasteiger partial charge in [0.1, 0.15) is 0 Å². The van der Waals surface area contributed by atoms with E-state index in [-0.39, 0.29) is 29.5 Å². The number of fused-ring (bicyclic) bond motifs is 1. The number of hydrogen-bond donors (Lipinski definition) is 1. The fourth-order valence-electron chi connectivity index (χ4n) is 4.25. The molecule has 1 fully saturated rings. The van der Waals surface area contributed by atoms with Crippen LogP contribution in [-0.4, -0.2) is 46.8 Å². The second kappa shape index (κ2) is 6.75. The highest BCUT2D eigenvalue weighted by atomic mass is 19.4. The van der Waals surface area contributed by atoms with E-state index >= 15 is 0 Å². The second-order valence-electron chi connectivity index (χ2n) is 6.74. The zero-order valence-electron chi connectivity index (χ0n) is 15.5. The Morgan fingerprint density at radius 1 is 0.893 bits per heavy atom. The predicted octanol–water partition coefficient (Wildman–Crippen LogP) is 3.11. The first-order valence-electron chi connectivity index (χ1n) is 8.58. The van der Waals surface area contributed by atoms with Crippen molar-refractivity contribution in [2.24, 2.45) is 0 Å². The molecule has 156 valence electrons. The summed E-state index contributed by atoms with van der Waals surface area (Å²) >= 11 is 0. The highest BCUT2D eigenvalue weighted by molar-refractivity contribution is 5.86. The van der Waals surface area contributed by atoms with E-state index in [1.165, 1.54) is 14.2 Å². The molecule has 1 aliphatic carbocycles. The second-order valence-corrected chi connectivity index (χ2v) is 6.74. The van der Waals surface area contributed by atoms with Gasteiger partial charge in [-0.1, -0.05) is 0 Å². The minimum atomic E-state index is -5.01. The average Bonchev–Trinajstić information content (AvgIpc) is 3.24. The largest absolute Gasteiger partial charge is 0.493 e. The quantitative estimate of drug-likeness (QED) is 0.772. The third-order valence-electron chi connectivity index (χ3n) is 5.40. The van der Waals surface area contributed by atoms with Gasteiger partial charge < -0.3 is 19.1 Å². The number of hydrogen-bond acceptors (Lipinski definition) is 3. The lowest BCUT2D eigenvalue weighted by Crippen LogP contribution is -3.18. The topological polar surface area (TPSA) is 32.1 Å². The Kier molecular flexibility index (Phi) is 4.97. The fraction of sp³-hybridized carbons (Fsp3) is 0.556. The molecule has 4 nitrogen and oxygen atoms in total. The third kappa shape index (κ3) is 2.80. The zero-order valence-corrected chi connectivity index (χ0v) is 15.5. The number of alkyl halides is 6. The van der Waals surface area contributed by atoms with E-state index in [2.05, 4.69) is 0 Å². The molecule has 0 radical (unpaired) electrons. The first-order valence-corrected chi connectivity index (χ1v) is 8.58. The Morgan fingerprint density at radius 3 is 1.89 bits per heavy atom. The number of rotatable bonds is 4. The summed E-state index contributed by atoms with van der Waals surface area (Å²) in [5.41, 5.74) is -5.39. The van der Waals surface area contributed by atoms with Gasteiger partial charge in [-0.25, -0.2) is 0 Å². The van der Waals surface area contributed by atoms with Crippen LogP contribution in [0.4, 0.5) is 26.3 Å². The van der Waals surface area contributed by atoms with E-state index in [1.54, 1.807) is 0 Å². The number of quaternary nitrogens is 1. The van der Waals surface area contributed by atoms with Gasteiger partial charge in [0, 0.05) is 30.0 Å². The number of allylic oxidation sites excluding steroid dienone is 1. The Hall–Kier alpha value is -2.10. The van der Waals surface area contributed by atoms with E-state index in [0.29, 0.717) is 18.9 Å². The smallest absolute Gasteiger partial charge is 0.453 e. The lowest BCUT2D eigenvalue weighted by molar-refractivity contribution is -0.955. The van der Waals surface area contributed by atoms with Crippen molar-refractivity contribution in [3.05, 3.63) is 23.3 Å². The number of benzene rings is 1. The summed E-state index contributed by atoms with van der Waals surface area (Å²) in [6.07, 6.45) is -8.66. The van der Waals surface area contributed by atoms with Crippen LogP contribution in [0.5, 0.6) is 17.2 Å².